The molecular formula is C18H19N5O. The van der Waals surface area contributed by atoms with Crippen molar-refractivity contribution in [3.05, 3.63) is 71.6 Å². The molecule has 0 aliphatic heterocycles. The molecule has 6 heteroatoms. The van der Waals surface area contributed by atoms with Crippen molar-refractivity contribution in [3.63, 3.8) is 0 Å². The molecule has 3 rings (SSSR count). The van der Waals surface area contributed by atoms with Crippen LogP contribution in [0.1, 0.15) is 40.4 Å². The van der Waals surface area contributed by atoms with E-state index in [2.05, 4.69) is 20.3 Å². The minimum atomic E-state index is -0.186. The maximum atomic E-state index is 11.5. The quantitative estimate of drug-likeness (QED) is 0.732. The van der Waals surface area contributed by atoms with E-state index in [1.165, 1.54) is 6.92 Å². The van der Waals surface area contributed by atoms with Gasteiger partial charge in [-0.25, -0.2) is 15.0 Å². The second-order valence-electron chi connectivity index (χ2n) is 5.63. The molecule has 0 amide bonds. The lowest BCUT2D eigenvalue weighted by Crippen LogP contribution is -2.18. The predicted molar refractivity (Wildman–Crippen MR) is 91.9 cm³/mol. The molecule has 24 heavy (non-hydrogen) atoms. The number of Topliss-reactive ketones (excluding diaryl/α,β-unsaturated/α-hetero) is 1. The van der Waals surface area contributed by atoms with Crippen LogP contribution < -0.4 is 5.32 Å². The largest absolute Gasteiger partial charge is 0.340 e. The van der Waals surface area contributed by atoms with Crippen LogP contribution in [0, 0.1) is 6.92 Å². The monoisotopic (exact) mass is 321 g/mol. The van der Waals surface area contributed by atoms with Crippen molar-refractivity contribution in [1.29, 1.82) is 0 Å². The van der Waals surface area contributed by atoms with Crippen molar-refractivity contribution >= 4 is 11.7 Å². The van der Waals surface area contributed by atoms with Crippen molar-refractivity contribution < 1.29 is 4.79 Å². The molecule has 0 aliphatic carbocycles. The van der Waals surface area contributed by atoms with Crippen molar-refractivity contribution in [3.8, 4) is 0 Å². The number of hydrogen-bond acceptors (Lipinski definition) is 5. The van der Waals surface area contributed by atoms with Gasteiger partial charge in [-0.2, -0.15) is 0 Å². The van der Waals surface area contributed by atoms with E-state index in [4.69, 9.17) is 0 Å². The van der Waals surface area contributed by atoms with E-state index in [0.29, 0.717) is 17.2 Å². The summed E-state index contributed by atoms with van der Waals surface area (Å²) < 4.78 is 1.96. The standard InChI is InChI=1S/C18H19N5O/c1-12-15(13(2)24)11-20-18(21-12)22-16(14-7-5-4-6-8-14)17-19-9-10-23(17)3/h4-11,16H,1-3H3,(H,20,21,22)/t16-/m0/s1. The highest BCUT2D eigenvalue weighted by Gasteiger charge is 2.19. The van der Waals surface area contributed by atoms with Crippen LogP contribution in [0.15, 0.2) is 48.9 Å². The van der Waals surface area contributed by atoms with Gasteiger partial charge in [0.2, 0.25) is 5.95 Å². The summed E-state index contributed by atoms with van der Waals surface area (Å²) in [6.07, 6.45) is 5.23. The Balaban J connectivity index is 1.97. The third-order valence-corrected chi connectivity index (χ3v) is 3.88. The Morgan fingerprint density at radius 2 is 1.96 bits per heavy atom. The number of nitrogens with one attached hydrogen (secondary N) is 1. The summed E-state index contributed by atoms with van der Waals surface area (Å²) in [7, 11) is 1.95. The SMILES string of the molecule is CC(=O)c1cnc(N[C@@H](c2ccccc2)c2nccn2C)nc1C. The van der Waals surface area contributed by atoms with Gasteiger partial charge >= 0.3 is 0 Å². The van der Waals surface area contributed by atoms with Gasteiger partial charge in [0, 0.05) is 25.6 Å². The van der Waals surface area contributed by atoms with Gasteiger partial charge in [-0.05, 0) is 19.4 Å². The molecule has 3 aromatic rings. The highest BCUT2D eigenvalue weighted by atomic mass is 16.1. The lowest BCUT2D eigenvalue weighted by Gasteiger charge is -2.19. The smallest absolute Gasteiger partial charge is 0.223 e. The van der Waals surface area contributed by atoms with Crippen LogP contribution in [0.5, 0.6) is 0 Å². The van der Waals surface area contributed by atoms with E-state index in [1.54, 1.807) is 12.4 Å². The van der Waals surface area contributed by atoms with Gasteiger partial charge in [-0.3, -0.25) is 4.79 Å². The van der Waals surface area contributed by atoms with Gasteiger partial charge in [0.1, 0.15) is 11.9 Å². The average molecular weight is 321 g/mol. The normalized spacial score (nSPS) is 12.0. The summed E-state index contributed by atoms with van der Waals surface area (Å²) in [6, 6.07) is 9.82. The number of imidazole rings is 1. The van der Waals surface area contributed by atoms with Crippen LogP contribution >= 0.6 is 0 Å². The van der Waals surface area contributed by atoms with Gasteiger partial charge in [0.25, 0.3) is 0 Å². The summed E-state index contributed by atoms with van der Waals surface area (Å²) in [5, 5.41) is 3.33. The molecule has 0 unspecified atom stereocenters. The number of aryl methyl sites for hydroxylation is 2. The second kappa shape index (κ2) is 6.62. The fraction of sp³-hybridized carbons (Fsp3) is 0.222. The van der Waals surface area contributed by atoms with Gasteiger partial charge in [-0.1, -0.05) is 30.3 Å². The average Bonchev–Trinajstić information content (AvgIpc) is 2.99. The summed E-state index contributed by atoms with van der Waals surface area (Å²) in [6.45, 7) is 3.32. The zero-order chi connectivity index (χ0) is 17.1. The van der Waals surface area contributed by atoms with Crippen LogP contribution in [0.2, 0.25) is 0 Å². The molecule has 1 atom stereocenters. The van der Waals surface area contributed by atoms with Crippen LogP contribution in [0.3, 0.4) is 0 Å². The fourth-order valence-corrected chi connectivity index (χ4v) is 2.61. The van der Waals surface area contributed by atoms with Crippen molar-refractivity contribution in [2.75, 3.05) is 5.32 Å². The molecule has 0 bridgehead atoms. The number of rotatable bonds is 5. The number of hydrogen-bond donors (Lipinski definition) is 1. The number of benzene rings is 1. The fourth-order valence-electron chi connectivity index (χ4n) is 2.61. The van der Waals surface area contributed by atoms with E-state index in [-0.39, 0.29) is 11.8 Å². The Kier molecular flexibility index (Phi) is 4.37. The number of nitrogens with zero attached hydrogens (tertiary/aromatic N) is 4. The molecule has 0 spiro atoms. The van der Waals surface area contributed by atoms with Gasteiger partial charge in [-0.15, -0.1) is 0 Å². The zero-order valence-electron chi connectivity index (χ0n) is 13.9. The maximum Gasteiger partial charge on any atom is 0.223 e. The first-order valence-corrected chi connectivity index (χ1v) is 7.69. The Morgan fingerprint density at radius 3 is 2.54 bits per heavy atom. The van der Waals surface area contributed by atoms with E-state index in [0.717, 1.165) is 11.4 Å². The predicted octanol–water partition coefficient (Wildman–Crippen LogP) is 2.92. The van der Waals surface area contributed by atoms with Crippen molar-refractivity contribution in [2.45, 2.75) is 19.9 Å². The molecular weight excluding hydrogens is 302 g/mol. The van der Waals surface area contributed by atoms with Gasteiger partial charge in [0.15, 0.2) is 5.78 Å². The Morgan fingerprint density at radius 1 is 1.21 bits per heavy atom. The third kappa shape index (κ3) is 3.17. The van der Waals surface area contributed by atoms with Crippen molar-refractivity contribution in [1.82, 2.24) is 19.5 Å². The zero-order valence-corrected chi connectivity index (χ0v) is 13.9. The molecule has 0 fully saturated rings. The Bertz CT molecular complexity index is 857. The van der Waals surface area contributed by atoms with Crippen molar-refractivity contribution in [2.24, 2.45) is 7.05 Å². The van der Waals surface area contributed by atoms with Crippen LogP contribution in [0.25, 0.3) is 0 Å². The second-order valence-corrected chi connectivity index (χ2v) is 5.63. The summed E-state index contributed by atoms with van der Waals surface area (Å²) >= 11 is 0. The molecule has 1 aromatic carbocycles. The summed E-state index contributed by atoms with van der Waals surface area (Å²) in [5.74, 6) is 1.29. The summed E-state index contributed by atoms with van der Waals surface area (Å²) in [5.41, 5.74) is 2.25. The molecule has 2 aromatic heterocycles. The van der Waals surface area contributed by atoms with Crippen LogP contribution in [0.4, 0.5) is 5.95 Å². The lowest BCUT2D eigenvalue weighted by molar-refractivity contribution is 0.101. The molecule has 1 N–H and O–H groups in total. The number of aromatic nitrogens is 4. The Labute approximate surface area is 140 Å². The van der Waals surface area contributed by atoms with E-state index in [1.807, 2.05) is 55.1 Å². The molecule has 2 heterocycles. The molecule has 0 aliphatic rings. The molecule has 6 nitrogen and oxygen atoms in total. The molecule has 0 radical (unpaired) electrons. The minimum Gasteiger partial charge on any atom is -0.340 e. The lowest BCUT2D eigenvalue weighted by atomic mass is 10.1. The Hall–Kier alpha value is -3.02. The topological polar surface area (TPSA) is 72.7 Å². The van der Waals surface area contributed by atoms with E-state index < -0.39 is 0 Å². The van der Waals surface area contributed by atoms with E-state index >= 15 is 0 Å². The van der Waals surface area contributed by atoms with E-state index in [9.17, 15) is 4.79 Å². The minimum absolute atomic E-state index is 0.0391. The third-order valence-electron chi connectivity index (χ3n) is 3.88. The number of carbonyl (C=O) groups is 1. The number of ketones is 1. The first kappa shape index (κ1) is 15.9. The summed E-state index contributed by atoms with van der Waals surface area (Å²) in [4.78, 5) is 24.7. The first-order chi connectivity index (χ1) is 11.6. The number of carbonyl (C=O) groups excluding carboxylic acids is 1. The molecule has 0 saturated heterocycles. The van der Waals surface area contributed by atoms with Crippen LogP contribution in [-0.4, -0.2) is 25.3 Å². The first-order valence-electron chi connectivity index (χ1n) is 7.69. The number of anilines is 1. The van der Waals surface area contributed by atoms with Crippen LogP contribution in [-0.2, 0) is 7.05 Å². The maximum absolute atomic E-state index is 11.5. The highest BCUT2D eigenvalue weighted by Crippen LogP contribution is 2.24. The van der Waals surface area contributed by atoms with Gasteiger partial charge in [0.05, 0.1) is 11.3 Å². The molecule has 122 valence electrons. The van der Waals surface area contributed by atoms with Gasteiger partial charge < -0.3 is 9.88 Å². The molecule has 0 saturated carbocycles. The highest BCUT2D eigenvalue weighted by molar-refractivity contribution is 5.94.